The van der Waals surface area contributed by atoms with Crippen molar-refractivity contribution in [3.05, 3.63) is 42.5 Å². The third kappa shape index (κ3) is 4.98. The van der Waals surface area contributed by atoms with Gasteiger partial charge in [-0.25, -0.2) is 4.79 Å². The van der Waals surface area contributed by atoms with Crippen LogP contribution in [0, 0.1) is 5.92 Å². The fraction of sp³-hybridized carbons (Fsp3) is 0.450. The zero-order valence-corrected chi connectivity index (χ0v) is 14.3. The maximum atomic E-state index is 12.4. The number of carbonyl (C=O) groups is 1. The molecule has 0 fully saturated rings. The van der Waals surface area contributed by atoms with Crippen LogP contribution >= 0.6 is 0 Å². The second-order valence-electron chi connectivity index (χ2n) is 6.37. The summed E-state index contributed by atoms with van der Waals surface area (Å²) in [4.78, 5) is 12.4. The van der Waals surface area contributed by atoms with Crippen LogP contribution in [-0.2, 0) is 9.53 Å². The lowest BCUT2D eigenvalue weighted by molar-refractivity contribution is -0.145. The highest BCUT2D eigenvalue weighted by Crippen LogP contribution is 2.25. The number of carbonyl (C=O) groups excluding carboxylic acids is 1. The van der Waals surface area contributed by atoms with Crippen molar-refractivity contribution in [2.75, 3.05) is 11.9 Å². The average Bonchev–Trinajstić information content (AvgIpc) is 2.54. The van der Waals surface area contributed by atoms with E-state index in [2.05, 4.69) is 44.3 Å². The first-order valence-corrected chi connectivity index (χ1v) is 8.52. The highest BCUT2D eigenvalue weighted by molar-refractivity contribution is 5.95. The normalized spacial score (nSPS) is 12.3. The van der Waals surface area contributed by atoms with Gasteiger partial charge in [0.2, 0.25) is 0 Å². The molecular weight excluding hydrogens is 286 g/mol. The van der Waals surface area contributed by atoms with Crippen molar-refractivity contribution < 1.29 is 9.53 Å². The Kier molecular flexibility index (Phi) is 6.45. The molecule has 2 aromatic rings. The zero-order chi connectivity index (χ0) is 16.7. The van der Waals surface area contributed by atoms with E-state index in [0.717, 1.165) is 30.3 Å². The van der Waals surface area contributed by atoms with Crippen molar-refractivity contribution >= 4 is 22.4 Å². The summed E-state index contributed by atoms with van der Waals surface area (Å²) in [6.07, 6.45) is 2.70. The van der Waals surface area contributed by atoms with E-state index in [-0.39, 0.29) is 12.0 Å². The molecule has 0 aliphatic heterocycles. The third-order valence-corrected chi connectivity index (χ3v) is 3.85. The fourth-order valence-electron chi connectivity index (χ4n) is 2.64. The Bertz CT molecular complexity index is 631. The Hall–Kier alpha value is -2.03. The van der Waals surface area contributed by atoms with Gasteiger partial charge in [-0.3, -0.25) is 0 Å². The molecule has 2 aromatic carbocycles. The van der Waals surface area contributed by atoms with Crippen LogP contribution in [0.5, 0.6) is 0 Å². The largest absolute Gasteiger partial charge is 0.464 e. The Labute approximate surface area is 139 Å². The molecule has 0 aliphatic rings. The predicted octanol–water partition coefficient (Wildman–Crippen LogP) is 5.01. The summed E-state index contributed by atoms with van der Waals surface area (Å²) in [6.45, 7) is 6.84. The Morgan fingerprint density at radius 1 is 1.13 bits per heavy atom. The lowest BCUT2D eigenvalue weighted by atomic mass is 10.0. The van der Waals surface area contributed by atoms with Crippen molar-refractivity contribution in [2.24, 2.45) is 5.92 Å². The number of anilines is 1. The van der Waals surface area contributed by atoms with Crippen LogP contribution in [0.3, 0.4) is 0 Å². The zero-order valence-electron chi connectivity index (χ0n) is 14.3. The summed E-state index contributed by atoms with van der Waals surface area (Å²) < 4.78 is 5.43. The molecule has 0 unspecified atom stereocenters. The summed E-state index contributed by atoms with van der Waals surface area (Å²) in [5, 5.41) is 5.70. The van der Waals surface area contributed by atoms with Gasteiger partial charge in [0.25, 0.3) is 0 Å². The molecule has 3 nitrogen and oxygen atoms in total. The molecule has 2 rings (SSSR count). The van der Waals surface area contributed by atoms with Crippen LogP contribution in [0.15, 0.2) is 42.5 Å². The van der Waals surface area contributed by atoms with Gasteiger partial charge < -0.3 is 10.1 Å². The number of hydrogen-bond donors (Lipinski definition) is 1. The highest BCUT2D eigenvalue weighted by atomic mass is 16.5. The monoisotopic (exact) mass is 313 g/mol. The van der Waals surface area contributed by atoms with E-state index in [1.54, 1.807) is 0 Å². The average molecular weight is 313 g/mol. The molecule has 0 aliphatic carbocycles. The molecule has 0 radical (unpaired) electrons. The molecule has 0 spiro atoms. The smallest absolute Gasteiger partial charge is 0.328 e. The second-order valence-corrected chi connectivity index (χ2v) is 6.37. The van der Waals surface area contributed by atoms with Crippen LogP contribution in [0.4, 0.5) is 5.69 Å². The molecule has 0 bridgehead atoms. The van der Waals surface area contributed by atoms with Crippen molar-refractivity contribution in [1.29, 1.82) is 0 Å². The van der Waals surface area contributed by atoms with Gasteiger partial charge in [0.15, 0.2) is 0 Å². The minimum absolute atomic E-state index is 0.153. The molecule has 0 saturated heterocycles. The summed E-state index contributed by atoms with van der Waals surface area (Å²) in [7, 11) is 0. The van der Waals surface area contributed by atoms with Crippen LogP contribution in [0.1, 0.15) is 40.0 Å². The molecule has 3 heteroatoms. The number of unbranched alkanes of at least 4 members (excludes halogenated alkanes) is 1. The Morgan fingerprint density at radius 2 is 1.87 bits per heavy atom. The maximum absolute atomic E-state index is 12.4. The maximum Gasteiger partial charge on any atom is 0.328 e. The molecule has 0 amide bonds. The number of fused-ring (bicyclic) bond motifs is 1. The van der Waals surface area contributed by atoms with Crippen molar-refractivity contribution in [2.45, 2.75) is 46.1 Å². The molecule has 23 heavy (non-hydrogen) atoms. The van der Waals surface area contributed by atoms with Gasteiger partial charge in [-0.2, -0.15) is 0 Å². The first kappa shape index (κ1) is 17.3. The molecular formula is C20H27NO2. The van der Waals surface area contributed by atoms with Gasteiger partial charge in [-0.05, 0) is 30.2 Å². The van der Waals surface area contributed by atoms with E-state index in [4.69, 9.17) is 4.74 Å². The number of rotatable bonds is 8. The summed E-state index contributed by atoms with van der Waals surface area (Å²) in [6, 6.07) is 14.0. The third-order valence-electron chi connectivity index (χ3n) is 3.85. The van der Waals surface area contributed by atoms with E-state index in [1.807, 2.05) is 24.3 Å². The van der Waals surface area contributed by atoms with Gasteiger partial charge in [-0.1, -0.05) is 63.6 Å². The van der Waals surface area contributed by atoms with Crippen LogP contribution < -0.4 is 5.32 Å². The Balaban J connectivity index is 2.17. The van der Waals surface area contributed by atoms with Gasteiger partial charge in [0.05, 0.1) is 6.61 Å². The van der Waals surface area contributed by atoms with E-state index in [1.165, 1.54) is 5.39 Å². The highest BCUT2D eigenvalue weighted by Gasteiger charge is 2.21. The van der Waals surface area contributed by atoms with E-state index >= 15 is 0 Å². The lowest BCUT2D eigenvalue weighted by Crippen LogP contribution is -2.33. The first-order chi connectivity index (χ1) is 11.1. The van der Waals surface area contributed by atoms with E-state index in [0.29, 0.717) is 12.5 Å². The minimum Gasteiger partial charge on any atom is -0.464 e. The van der Waals surface area contributed by atoms with Crippen LogP contribution in [0.25, 0.3) is 10.8 Å². The topological polar surface area (TPSA) is 38.3 Å². The molecule has 0 aromatic heterocycles. The number of hydrogen-bond acceptors (Lipinski definition) is 3. The number of esters is 1. The molecule has 1 atom stereocenters. The molecule has 0 heterocycles. The predicted molar refractivity (Wildman–Crippen MR) is 96.7 cm³/mol. The fourth-order valence-corrected chi connectivity index (χ4v) is 2.64. The minimum atomic E-state index is -0.308. The number of benzene rings is 2. The number of nitrogens with one attached hydrogen (secondary N) is 1. The molecule has 1 N–H and O–H groups in total. The first-order valence-electron chi connectivity index (χ1n) is 8.52. The SMILES string of the molecule is CCCCOC(=O)[C@@H](CC(C)C)Nc1cccc2ccccc12. The Morgan fingerprint density at radius 3 is 2.61 bits per heavy atom. The number of ether oxygens (including phenoxy) is 1. The van der Waals surface area contributed by atoms with Gasteiger partial charge in [0, 0.05) is 11.1 Å². The van der Waals surface area contributed by atoms with Gasteiger partial charge >= 0.3 is 5.97 Å². The quantitative estimate of drug-likeness (QED) is 0.550. The molecule has 0 saturated carbocycles. The van der Waals surface area contributed by atoms with Crippen molar-refractivity contribution in [3.63, 3.8) is 0 Å². The van der Waals surface area contributed by atoms with Gasteiger partial charge in [0.1, 0.15) is 6.04 Å². The van der Waals surface area contributed by atoms with E-state index in [9.17, 15) is 4.79 Å². The lowest BCUT2D eigenvalue weighted by Gasteiger charge is -2.21. The summed E-state index contributed by atoms with van der Waals surface area (Å²) in [5.74, 6) is 0.265. The van der Waals surface area contributed by atoms with E-state index < -0.39 is 0 Å². The van der Waals surface area contributed by atoms with Crippen LogP contribution in [0.2, 0.25) is 0 Å². The standard InChI is InChI=1S/C20H27NO2/c1-4-5-13-23-20(22)19(14-15(2)3)21-18-12-8-10-16-9-6-7-11-17(16)18/h6-12,15,19,21H,4-5,13-14H2,1-3H3/t19-/m1/s1. The summed E-state index contributed by atoms with van der Waals surface area (Å²) in [5.41, 5.74) is 0.987. The van der Waals surface area contributed by atoms with Crippen molar-refractivity contribution in [3.8, 4) is 0 Å². The second kappa shape index (κ2) is 8.56. The molecule has 124 valence electrons. The summed E-state index contributed by atoms with van der Waals surface area (Å²) >= 11 is 0. The van der Waals surface area contributed by atoms with Crippen molar-refractivity contribution in [1.82, 2.24) is 0 Å². The van der Waals surface area contributed by atoms with Crippen LogP contribution in [-0.4, -0.2) is 18.6 Å². The van der Waals surface area contributed by atoms with Gasteiger partial charge in [-0.15, -0.1) is 0 Å².